The third-order valence-electron chi connectivity index (χ3n) is 5.00. The van der Waals surface area contributed by atoms with Crippen LogP contribution < -0.4 is 0 Å². The molecule has 2 fully saturated rings. The minimum atomic E-state index is -0.825. The van der Waals surface area contributed by atoms with Gasteiger partial charge in [0, 0.05) is 12.0 Å². The van der Waals surface area contributed by atoms with E-state index in [0.717, 1.165) is 25.7 Å². The van der Waals surface area contributed by atoms with Gasteiger partial charge in [-0.05, 0) is 58.4 Å². The predicted molar refractivity (Wildman–Crippen MR) is 97.3 cm³/mol. The number of hydrogen-bond donors (Lipinski definition) is 2. The van der Waals surface area contributed by atoms with E-state index in [9.17, 15) is 15.0 Å². The van der Waals surface area contributed by atoms with Crippen molar-refractivity contribution in [1.82, 2.24) is 0 Å². The van der Waals surface area contributed by atoms with E-state index >= 15 is 0 Å². The van der Waals surface area contributed by atoms with Gasteiger partial charge in [0.15, 0.2) is 5.79 Å². The molecule has 1 aliphatic heterocycles. The Kier molecular flexibility index (Phi) is 7.41. The molecule has 1 saturated carbocycles. The smallest absolute Gasteiger partial charge is 0.330 e. The highest BCUT2D eigenvalue weighted by Gasteiger charge is 2.54. The summed E-state index contributed by atoms with van der Waals surface area (Å²) in [5, 5.41) is 20.0. The van der Waals surface area contributed by atoms with Crippen LogP contribution in [0, 0.1) is 11.8 Å². The van der Waals surface area contributed by atoms with Gasteiger partial charge in [-0.25, -0.2) is 4.79 Å². The van der Waals surface area contributed by atoms with Crippen LogP contribution in [0.3, 0.4) is 0 Å². The normalized spacial score (nSPS) is 32.8. The quantitative estimate of drug-likeness (QED) is 0.296. The van der Waals surface area contributed by atoms with Crippen molar-refractivity contribution in [3.05, 3.63) is 24.3 Å². The van der Waals surface area contributed by atoms with Crippen molar-refractivity contribution in [2.45, 2.75) is 76.7 Å². The lowest BCUT2D eigenvalue weighted by Gasteiger charge is -2.27. The molecule has 26 heavy (non-hydrogen) atoms. The van der Waals surface area contributed by atoms with E-state index in [1.54, 1.807) is 6.92 Å². The molecule has 6 heteroatoms. The Bertz CT molecular complexity index is 524. The first-order chi connectivity index (χ1) is 12.2. The van der Waals surface area contributed by atoms with E-state index in [1.807, 2.05) is 13.8 Å². The van der Waals surface area contributed by atoms with Crippen molar-refractivity contribution < 1.29 is 29.2 Å². The average molecular weight is 368 g/mol. The highest BCUT2D eigenvalue weighted by molar-refractivity contribution is 5.81. The SMILES string of the molecule is COC(=O)/C=C/C(O)[C@@H]1[C@H]2OC(C)(C)O[C@H]2C[C@H]1/C=C/CCC[C@H](C)O. The third-order valence-corrected chi connectivity index (χ3v) is 5.00. The Hall–Kier alpha value is -1.21. The molecule has 0 aromatic rings. The molecule has 2 rings (SSSR count). The Morgan fingerprint density at radius 2 is 2.08 bits per heavy atom. The van der Waals surface area contributed by atoms with E-state index in [2.05, 4.69) is 16.9 Å². The predicted octanol–water partition coefficient (Wildman–Crippen LogP) is 2.34. The number of rotatable bonds is 8. The van der Waals surface area contributed by atoms with Crippen molar-refractivity contribution in [3.63, 3.8) is 0 Å². The van der Waals surface area contributed by atoms with Gasteiger partial charge in [0.25, 0.3) is 0 Å². The molecule has 1 aliphatic carbocycles. The number of carbonyl (C=O) groups is 1. The van der Waals surface area contributed by atoms with Crippen LogP contribution in [-0.4, -0.2) is 53.5 Å². The number of fused-ring (bicyclic) bond motifs is 1. The van der Waals surface area contributed by atoms with Gasteiger partial charge in [-0.15, -0.1) is 0 Å². The maximum absolute atomic E-state index is 11.3. The molecule has 148 valence electrons. The summed E-state index contributed by atoms with van der Waals surface area (Å²) in [5.41, 5.74) is 0. The number of aliphatic hydroxyl groups is 2. The highest BCUT2D eigenvalue weighted by Crippen LogP contribution is 2.46. The summed E-state index contributed by atoms with van der Waals surface area (Å²) in [7, 11) is 1.31. The fraction of sp³-hybridized carbons (Fsp3) is 0.750. The first-order valence-electron chi connectivity index (χ1n) is 9.38. The average Bonchev–Trinajstić information content (AvgIpc) is 3.02. The molecular formula is C20H32O6. The van der Waals surface area contributed by atoms with E-state index < -0.39 is 17.9 Å². The molecule has 1 heterocycles. The minimum absolute atomic E-state index is 0.0664. The number of esters is 1. The maximum atomic E-state index is 11.3. The Morgan fingerprint density at radius 1 is 1.35 bits per heavy atom. The monoisotopic (exact) mass is 368 g/mol. The molecule has 6 atom stereocenters. The second kappa shape index (κ2) is 9.13. The zero-order chi connectivity index (χ0) is 19.3. The molecule has 2 aliphatic rings. The number of allylic oxidation sites excluding steroid dienone is 2. The number of unbranched alkanes of at least 4 members (excludes halogenated alkanes) is 1. The van der Waals surface area contributed by atoms with Crippen LogP contribution in [0.5, 0.6) is 0 Å². The summed E-state index contributed by atoms with van der Waals surface area (Å²) < 4.78 is 16.6. The van der Waals surface area contributed by atoms with E-state index in [0.29, 0.717) is 0 Å². The third kappa shape index (κ3) is 5.64. The van der Waals surface area contributed by atoms with Gasteiger partial charge in [0.2, 0.25) is 0 Å². The Labute approximate surface area is 155 Å². The lowest BCUT2D eigenvalue weighted by molar-refractivity contribution is -0.162. The number of methoxy groups -OCH3 is 1. The number of aliphatic hydroxyl groups excluding tert-OH is 2. The largest absolute Gasteiger partial charge is 0.466 e. The summed E-state index contributed by atoms with van der Waals surface area (Å²) in [6.07, 6.45) is 8.90. The Morgan fingerprint density at radius 3 is 2.73 bits per heavy atom. The molecule has 0 amide bonds. The van der Waals surface area contributed by atoms with Gasteiger partial charge in [-0.3, -0.25) is 0 Å². The van der Waals surface area contributed by atoms with Crippen molar-refractivity contribution in [2.75, 3.05) is 7.11 Å². The summed E-state index contributed by atoms with van der Waals surface area (Å²) in [4.78, 5) is 11.3. The van der Waals surface area contributed by atoms with Gasteiger partial charge >= 0.3 is 5.97 Å². The van der Waals surface area contributed by atoms with E-state index in [-0.39, 0.29) is 30.1 Å². The zero-order valence-corrected chi connectivity index (χ0v) is 16.1. The van der Waals surface area contributed by atoms with Crippen LogP contribution in [0.1, 0.15) is 46.5 Å². The van der Waals surface area contributed by atoms with Crippen molar-refractivity contribution in [2.24, 2.45) is 11.8 Å². The molecule has 0 bridgehead atoms. The highest BCUT2D eigenvalue weighted by atomic mass is 16.8. The second-order valence-electron chi connectivity index (χ2n) is 7.70. The molecule has 2 N–H and O–H groups in total. The van der Waals surface area contributed by atoms with Gasteiger partial charge in [-0.1, -0.05) is 12.2 Å². The molecular weight excluding hydrogens is 336 g/mol. The molecule has 0 aromatic carbocycles. The van der Waals surface area contributed by atoms with Crippen LogP contribution in [0.2, 0.25) is 0 Å². The summed E-state index contributed by atoms with van der Waals surface area (Å²) in [5.74, 6) is -1.24. The van der Waals surface area contributed by atoms with Crippen LogP contribution in [0.4, 0.5) is 0 Å². The fourth-order valence-electron chi connectivity index (χ4n) is 3.87. The van der Waals surface area contributed by atoms with Crippen molar-refractivity contribution in [3.8, 4) is 0 Å². The van der Waals surface area contributed by atoms with Gasteiger partial charge in [0.05, 0.1) is 31.5 Å². The topological polar surface area (TPSA) is 85.2 Å². The first kappa shape index (κ1) is 21.1. The summed E-state index contributed by atoms with van der Waals surface area (Å²) in [6.45, 7) is 5.54. The van der Waals surface area contributed by atoms with Gasteiger partial charge in [-0.2, -0.15) is 0 Å². The standard InChI is InChI=1S/C20H32O6/c1-13(21)8-6-5-7-9-14-12-16-19(26-20(2,3)25-16)18(14)15(22)10-11-17(23)24-4/h7,9-11,13-16,18-19,21-22H,5-6,8,12H2,1-4H3/b9-7+,11-10+/t13-,14+,15?,16-,18+,19-/m0/s1. The zero-order valence-electron chi connectivity index (χ0n) is 16.1. The van der Waals surface area contributed by atoms with E-state index in [1.165, 1.54) is 19.3 Å². The van der Waals surface area contributed by atoms with Gasteiger partial charge < -0.3 is 24.4 Å². The van der Waals surface area contributed by atoms with Gasteiger partial charge in [0.1, 0.15) is 0 Å². The molecule has 0 spiro atoms. The van der Waals surface area contributed by atoms with Crippen molar-refractivity contribution >= 4 is 5.97 Å². The van der Waals surface area contributed by atoms with E-state index in [4.69, 9.17) is 9.47 Å². The lowest BCUT2D eigenvalue weighted by atomic mass is 9.88. The summed E-state index contributed by atoms with van der Waals surface area (Å²) >= 11 is 0. The molecule has 0 radical (unpaired) electrons. The van der Waals surface area contributed by atoms with Crippen LogP contribution in [0.25, 0.3) is 0 Å². The number of hydrogen-bond acceptors (Lipinski definition) is 6. The fourth-order valence-corrected chi connectivity index (χ4v) is 3.87. The number of carbonyl (C=O) groups excluding carboxylic acids is 1. The number of ether oxygens (including phenoxy) is 3. The molecule has 1 saturated heterocycles. The van der Waals surface area contributed by atoms with Crippen molar-refractivity contribution in [1.29, 1.82) is 0 Å². The van der Waals surface area contributed by atoms with Crippen LogP contribution in [0.15, 0.2) is 24.3 Å². The molecule has 6 nitrogen and oxygen atoms in total. The maximum Gasteiger partial charge on any atom is 0.330 e. The second-order valence-corrected chi connectivity index (χ2v) is 7.70. The van der Waals surface area contributed by atoms with Crippen LogP contribution in [-0.2, 0) is 19.0 Å². The summed E-state index contributed by atoms with van der Waals surface area (Å²) in [6, 6.07) is 0. The Balaban J connectivity index is 2.04. The molecule has 1 unspecified atom stereocenters. The first-order valence-corrected chi connectivity index (χ1v) is 9.38. The molecule has 0 aromatic heterocycles. The minimum Gasteiger partial charge on any atom is -0.466 e. The van der Waals surface area contributed by atoms with Crippen LogP contribution >= 0.6 is 0 Å². The lowest BCUT2D eigenvalue weighted by Crippen LogP contribution is -2.34.